The number of allylic oxidation sites excluding steroid dienone is 5. The molecular formula is C19H28N2. The quantitative estimate of drug-likeness (QED) is 0.710. The Morgan fingerprint density at radius 3 is 1.81 bits per heavy atom. The third-order valence-corrected chi connectivity index (χ3v) is 5.53. The van der Waals surface area contributed by atoms with Crippen LogP contribution in [0.3, 0.4) is 0 Å². The Morgan fingerprint density at radius 2 is 1.24 bits per heavy atom. The van der Waals surface area contributed by atoms with Gasteiger partial charge in [0.2, 0.25) is 0 Å². The molecule has 2 heteroatoms. The molecule has 0 bridgehead atoms. The Bertz CT molecular complexity index is 494. The van der Waals surface area contributed by atoms with E-state index in [1.54, 1.807) is 22.8 Å². The molecule has 0 saturated carbocycles. The van der Waals surface area contributed by atoms with E-state index in [4.69, 9.17) is 0 Å². The topological polar surface area (TPSA) is 6.48 Å². The number of hydrogen-bond donors (Lipinski definition) is 0. The van der Waals surface area contributed by atoms with Crippen molar-refractivity contribution in [2.45, 2.75) is 70.6 Å². The summed E-state index contributed by atoms with van der Waals surface area (Å²) < 4.78 is 0. The summed E-state index contributed by atoms with van der Waals surface area (Å²) in [5.41, 5.74) is 4.98. The highest BCUT2D eigenvalue weighted by Gasteiger charge is 2.31. The van der Waals surface area contributed by atoms with Gasteiger partial charge in [0.1, 0.15) is 5.82 Å². The van der Waals surface area contributed by atoms with Gasteiger partial charge < -0.3 is 9.80 Å². The third kappa shape index (κ3) is 2.54. The lowest BCUT2D eigenvalue weighted by Gasteiger charge is -2.45. The Morgan fingerprint density at radius 1 is 0.619 bits per heavy atom. The van der Waals surface area contributed by atoms with Crippen LogP contribution in [0.25, 0.3) is 0 Å². The van der Waals surface area contributed by atoms with Crippen molar-refractivity contribution in [2.75, 3.05) is 13.1 Å². The molecule has 0 N–H and O–H groups in total. The average molecular weight is 284 g/mol. The van der Waals surface area contributed by atoms with Gasteiger partial charge in [0.15, 0.2) is 0 Å². The third-order valence-electron chi connectivity index (χ3n) is 5.53. The lowest BCUT2D eigenvalue weighted by Crippen LogP contribution is -2.41. The maximum Gasteiger partial charge on any atom is 0.112 e. The van der Waals surface area contributed by atoms with Gasteiger partial charge in [-0.25, -0.2) is 0 Å². The van der Waals surface area contributed by atoms with Crippen LogP contribution in [0.1, 0.15) is 70.6 Å². The second-order valence-electron chi connectivity index (χ2n) is 6.97. The van der Waals surface area contributed by atoms with E-state index in [-0.39, 0.29) is 0 Å². The summed E-state index contributed by atoms with van der Waals surface area (Å²) in [5.74, 6) is 1.61. The first-order valence-electron chi connectivity index (χ1n) is 9.08. The van der Waals surface area contributed by atoms with Crippen LogP contribution in [-0.4, -0.2) is 22.9 Å². The van der Waals surface area contributed by atoms with E-state index in [0.29, 0.717) is 0 Å². The molecule has 2 aliphatic heterocycles. The maximum absolute atomic E-state index is 2.70. The molecule has 2 aliphatic carbocycles. The summed E-state index contributed by atoms with van der Waals surface area (Å²) >= 11 is 0. The van der Waals surface area contributed by atoms with Gasteiger partial charge in [0.05, 0.1) is 0 Å². The van der Waals surface area contributed by atoms with Crippen LogP contribution >= 0.6 is 0 Å². The van der Waals surface area contributed by atoms with Crippen LogP contribution in [-0.2, 0) is 0 Å². The SMILES string of the molecule is C1=C(N2CCCC3=C2N(C2=CCCCC2)CCC3)CCC1. The Balaban J connectivity index is 1.68. The largest absolute Gasteiger partial charge is 0.332 e. The number of hydrogen-bond acceptors (Lipinski definition) is 2. The fourth-order valence-corrected chi connectivity index (χ4v) is 4.51. The Hall–Kier alpha value is -1.18. The van der Waals surface area contributed by atoms with Crippen molar-refractivity contribution in [2.24, 2.45) is 0 Å². The molecule has 0 radical (unpaired) electrons. The predicted octanol–water partition coefficient (Wildman–Crippen LogP) is 4.92. The van der Waals surface area contributed by atoms with Crippen molar-refractivity contribution in [3.8, 4) is 0 Å². The van der Waals surface area contributed by atoms with Crippen molar-refractivity contribution >= 4 is 0 Å². The van der Waals surface area contributed by atoms with Gasteiger partial charge in [0.25, 0.3) is 0 Å². The molecule has 2 heterocycles. The first kappa shape index (κ1) is 13.5. The van der Waals surface area contributed by atoms with E-state index >= 15 is 0 Å². The van der Waals surface area contributed by atoms with Crippen LogP contribution in [0.5, 0.6) is 0 Å². The van der Waals surface area contributed by atoms with E-state index in [2.05, 4.69) is 22.0 Å². The van der Waals surface area contributed by atoms with Crippen LogP contribution in [0, 0.1) is 0 Å². The fourth-order valence-electron chi connectivity index (χ4n) is 4.51. The first-order valence-corrected chi connectivity index (χ1v) is 9.08. The standard InChI is InChI=1S/C19H28N2/c1-2-10-17(11-3-1)20-14-6-8-16-9-7-15-21(19(16)20)18-12-4-5-13-18/h10,12H,1-9,11,13-15H2. The minimum absolute atomic E-state index is 1.24. The minimum Gasteiger partial charge on any atom is -0.332 e. The molecule has 0 atom stereocenters. The molecule has 4 rings (SSSR count). The van der Waals surface area contributed by atoms with Crippen molar-refractivity contribution in [3.63, 3.8) is 0 Å². The van der Waals surface area contributed by atoms with Gasteiger partial charge in [-0.2, -0.15) is 0 Å². The highest BCUT2D eigenvalue weighted by molar-refractivity contribution is 5.28. The van der Waals surface area contributed by atoms with Crippen molar-refractivity contribution in [3.05, 3.63) is 34.9 Å². The second-order valence-corrected chi connectivity index (χ2v) is 6.97. The molecule has 0 fully saturated rings. The molecule has 0 aromatic rings. The van der Waals surface area contributed by atoms with Gasteiger partial charge in [-0.1, -0.05) is 12.2 Å². The van der Waals surface area contributed by atoms with E-state index in [0.717, 1.165) is 0 Å². The smallest absolute Gasteiger partial charge is 0.112 e. The monoisotopic (exact) mass is 284 g/mol. The molecule has 114 valence electrons. The van der Waals surface area contributed by atoms with Crippen LogP contribution in [0.2, 0.25) is 0 Å². The summed E-state index contributed by atoms with van der Waals surface area (Å²) in [5, 5.41) is 0. The lowest BCUT2D eigenvalue weighted by molar-refractivity contribution is 0.223. The van der Waals surface area contributed by atoms with E-state index in [9.17, 15) is 0 Å². The number of nitrogens with zero attached hydrogens (tertiary/aromatic N) is 2. The molecule has 0 aromatic carbocycles. The molecule has 0 spiro atoms. The normalized spacial score (nSPS) is 26.7. The molecule has 0 amide bonds. The minimum atomic E-state index is 1.24. The van der Waals surface area contributed by atoms with Gasteiger partial charge in [0, 0.05) is 24.5 Å². The fraction of sp³-hybridized carbons (Fsp3) is 0.684. The maximum atomic E-state index is 2.70. The Kier molecular flexibility index (Phi) is 3.79. The van der Waals surface area contributed by atoms with Gasteiger partial charge in [-0.05, 0) is 76.2 Å². The average Bonchev–Trinajstić information content (AvgIpc) is 3.09. The van der Waals surface area contributed by atoms with E-state index in [1.807, 2.05) is 0 Å². The molecule has 21 heavy (non-hydrogen) atoms. The Labute approximate surface area is 129 Å². The molecule has 4 aliphatic rings. The molecular weight excluding hydrogens is 256 g/mol. The highest BCUT2D eigenvalue weighted by Crippen LogP contribution is 2.40. The van der Waals surface area contributed by atoms with Crippen LogP contribution < -0.4 is 0 Å². The first-order chi connectivity index (χ1) is 10.4. The summed E-state index contributed by atoms with van der Waals surface area (Å²) in [7, 11) is 0. The zero-order chi connectivity index (χ0) is 14.1. The number of rotatable bonds is 2. The van der Waals surface area contributed by atoms with E-state index < -0.39 is 0 Å². The highest BCUT2D eigenvalue weighted by atomic mass is 15.3. The predicted molar refractivity (Wildman–Crippen MR) is 87.4 cm³/mol. The van der Waals surface area contributed by atoms with Crippen molar-refractivity contribution < 1.29 is 0 Å². The summed E-state index contributed by atoms with van der Waals surface area (Å²) in [6, 6.07) is 0. The van der Waals surface area contributed by atoms with Crippen molar-refractivity contribution in [1.29, 1.82) is 0 Å². The van der Waals surface area contributed by atoms with Crippen molar-refractivity contribution in [1.82, 2.24) is 9.80 Å². The molecule has 0 aromatic heterocycles. The second kappa shape index (κ2) is 5.90. The summed E-state index contributed by atoms with van der Waals surface area (Å²) in [4.78, 5) is 5.40. The lowest BCUT2D eigenvalue weighted by atomic mass is 9.94. The summed E-state index contributed by atoms with van der Waals surface area (Å²) in [6.45, 7) is 2.49. The zero-order valence-corrected chi connectivity index (χ0v) is 13.2. The van der Waals surface area contributed by atoms with E-state index in [1.165, 1.54) is 83.7 Å². The van der Waals surface area contributed by atoms with Gasteiger partial charge in [-0.15, -0.1) is 0 Å². The zero-order valence-electron chi connectivity index (χ0n) is 13.2. The molecule has 0 saturated heterocycles. The molecule has 0 unspecified atom stereocenters. The van der Waals surface area contributed by atoms with Crippen LogP contribution in [0.4, 0.5) is 0 Å². The van der Waals surface area contributed by atoms with Gasteiger partial charge in [-0.3, -0.25) is 0 Å². The van der Waals surface area contributed by atoms with Crippen LogP contribution in [0.15, 0.2) is 34.9 Å². The summed E-state index contributed by atoms with van der Waals surface area (Å²) in [6.07, 6.45) is 19.7. The molecule has 2 nitrogen and oxygen atoms in total. The van der Waals surface area contributed by atoms with Gasteiger partial charge >= 0.3 is 0 Å².